The van der Waals surface area contributed by atoms with E-state index in [-0.39, 0.29) is 56.7 Å². The zero-order chi connectivity index (χ0) is 16.2. The third-order valence-corrected chi connectivity index (χ3v) is 3.75. The number of nitrogens with one attached hydrogen (secondary N) is 1. The molecule has 9 heteroatoms. The number of hydrogen-bond acceptors (Lipinski definition) is 3. The molecule has 0 unspecified atom stereocenters. The maximum absolute atomic E-state index is 12.5. The van der Waals surface area contributed by atoms with Crippen molar-refractivity contribution in [1.29, 1.82) is 0 Å². The fourth-order valence-corrected chi connectivity index (χ4v) is 2.15. The Morgan fingerprint density at radius 3 is 2.18 bits per heavy atom. The molecule has 0 aromatic carbocycles. The van der Waals surface area contributed by atoms with E-state index in [4.69, 9.17) is 5.73 Å². The predicted molar refractivity (Wildman–Crippen MR) is 78.4 cm³/mol. The van der Waals surface area contributed by atoms with Crippen molar-refractivity contribution in [2.75, 3.05) is 19.6 Å². The molecule has 1 fully saturated rings. The molecule has 0 spiro atoms. The van der Waals surface area contributed by atoms with Gasteiger partial charge in [0.25, 0.3) is 0 Å². The number of likely N-dealkylation sites (tertiary alicyclic amines) is 1. The number of rotatable bonds is 4. The van der Waals surface area contributed by atoms with Crippen molar-refractivity contribution < 1.29 is 22.8 Å². The molecule has 5 nitrogen and oxygen atoms in total. The van der Waals surface area contributed by atoms with Gasteiger partial charge in [-0.15, -0.1) is 12.4 Å². The van der Waals surface area contributed by atoms with Crippen LogP contribution in [0.15, 0.2) is 0 Å². The normalized spacial score (nSPS) is 17.9. The third kappa shape index (κ3) is 6.00. The quantitative estimate of drug-likeness (QED) is 0.806. The molecule has 0 aliphatic carbocycles. The van der Waals surface area contributed by atoms with Gasteiger partial charge < -0.3 is 16.0 Å². The molecule has 2 amide bonds. The molecule has 130 valence electrons. The summed E-state index contributed by atoms with van der Waals surface area (Å²) in [6.07, 6.45) is -4.38. The summed E-state index contributed by atoms with van der Waals surface area (Å²) in [6, 6.07) is -0.700. The minimum atomic E-state index is -4.20. The Kier molecular flexibility index (Phi) is 8.17. The number of nitrogens with two attached hydrogens (primary N) is 1. The molecule has 22 heavy (non-hydrogen) atoms. The van der Waals surface area contributed by atoms with E-state index in [0.717, 1.165) is 0 Å². The minimum Gasteiger partial charge on any atom is -0.346 e. The van der Waals surface area contributed by atoms with E-state index in [0.29, 0.717) is 0 Å². The number of carbonyl (C=O) groups excluding carboxylic acids is 2. The summed E-state index contributed by atoms with van der Waals surface area (Å²) < 4.78 is 37.5. The van der Waals surface area contributed by atoms with E-state index in [1.165, 1.54) is 4.90 Å². The monoisotopic (exact) mass is 345 g/mol. The van der Waals surface area contributed by atoms with Crippen LogP contribution in [0.2, 0.25) is 0 Å². The van der Waals surface area contributed by atoms with Gasteiger partial charge >= 0.3 is 6.18 Å². The molecule has 0 radical (unpaired) electrons. The van der Waals surface area contributed by atoms with E-state index >= 15 is 0 Å². The van der Waals surface area contributed by atoms with Gasteiger partial charge in [-0.2, -0.15) is 13.2 Å². The Morgan fingerprint density at radius 2 is 1.77 bits per heavy atom. The van der Waals surface area contributed by atoms with Crippen LogP contribution < -0.4 is 11.1 Å². The summed E-state index contributed by atoms with van der Waals surface area (Å²) in [4.78, 5) is 24.8. The first-order valence-corrected chi connectivity index (χ1v) is 7.00. The molecule has 0 aromatic rings. The van der Waals surface area contributed by atoms with Gasteiger partial charge in [-0.3, -0.25) is 9.59 Å². The first-order valence-electron chi connectivity index (χ1n) is 7.00. The summed E-state index contributed by atoms with van der Waals surface area (Å²) >= 11 is 0. The first kappa shape index (κ1) is 21.0. The second kappa shape index (κ2) is 8.57. The number of nitrogens with zero attached hydrogens (tertiary/aromatic N) is 1. The fraction of sp³-hybridized carbons (Fsp3) is 0.846. The molecular formula is C13H23ClF3N3O2. The van der Waals surface area contributed by atoms with Gasteiger partial charge in [0, 0.05) is 13.1 Å². The van der Waals surface area contributed by atoms with Crippen LogP contribution in [0.5, 0.6) is 0 Å². The van der Waals surface area contributed by atoms with Crippen molar-refractivity contribution in [3.8, 4) is 0 Å². The van der Waals surface area contributed by atoms with Gasteiger partial charge in [0.1, 0.15) is 0 Å². The summed E-state index contributed by atoms with van der Waals surface area (Å²) in [5.74, 6) is -2.20. The number of piperidine rings is 1. The van der Waals surface area contributed by atoms with E-state index in [1.54, 1.807) is 13.8 Å². The van der Waals surface area contributed by atoms with Gasteiger partial charge in [0.2, 0.25) is 11.8 Å². The van der Waals surface area contributed by atoms with E-state index < -0.39 is 24.0 Å². The average molecular weight is 346 g/mol. The molecule has 1 saturated heterocycles. The van der Waals surface area contributed by atoms with Crippen LogP contribution in [0.25, 0.3) is 0 Å². The highest BCUT2D eigenvalue weighted by Crippen LogP contribution is 2.33. The van der Waals surface area contributed by atoms with Crippen LogP contribution in [-0.4, -0.2) is 48.6 Å². The Hall–Kier alpha value is -1.02. The summed E-state index contributed by atoms with van der Waals surface area (Å²) in [5.41, 5.74) is 5.63. The molecular weight excluding hydrogens is 323 g/mol. The first-order chi connectivity index (χ1) is 9.62. The zero-order valence-corrected chi connectivity index (χ0v) is 13.5. The standard InChI is InChI=1S/C13H22F3N3O2.ClH/c1-8(2)11(17)12(21)18-7-10(20)19-5-3-9(4-6-19)13(14,15)16;/h8-9,11H,3-7,17H2,1-2H3,(H,18,21);1H/t11-;/m0./s1. The van der Waals surface area contributed by atoms with Gasteiger partial charge in [0.05, 0.1) is 18.5 Å². The van der Waals surface area contributed by atoms with Crippen LogP contribution in [0.3, 0.4) is 0 Å². The van der Waals surface area contributed by atoms with Crippen molar-refractivity contribution in [1.82, 2.24) is 10.2 Å². The molecule has 1 atom stereocenters. The van der Waals surface area contributed by atoms with E-state index in [1.807, 2.05) is 0 Å². The third-order valence-electron chi connectivity index (χ3n) is 3.75. The average Bonchev–Trinajstić information content (AvgIpc) is 2.42. The second-order valence-corrected chi connectivity index (χ2v) is 5.68. The number of carbonyl (C=O) groups is 2. The minimum absolute atomic E-state index is 0. The van der Waals surface area contributed by atoms with Gasteiger partial charge in [-0.1, -0.05) is 13.8 Å². The Bertz CT molecular complexity index is 383. The van der Waals surface area contributed by atoms with Crippen LogP contribution in [-0.2, 0) is 9.59 Å². The molecule has 3 N–H and O–H groups in total. The van der Waals surface area contributed by atoms with Crippen molar-refractivity contribution in [3.05, 3.63) is 0 Å². The number of alkyl halides is 3. The highest BCUT2D eigenvalue weighted by Gasteiger charge is 2.41. The van der Waals surface area contributed by atoms with Gasteiger partial charge in [-0.25, -0.2) is 0 Å². The Labute approximate surface area is 134 Å². The molecule has 1 aliphatic heterocycles. The molecule has 0 saturated carbocycles. The smallest absolute Gasteiger partial charge is 0.346 e. The lowest BCUT2D eigenvalue weighted by Gasteiger charge is -2.33. The zero-order valence-electron chi connectivity index (χ0n) is 12.7. The lowest BCUT2D eigenvalue weighted by atomic mass is 9.96. The van der Waals surface area contributed by atoms with Crippen molar-refractivity contribution in [2.24, 2.45) is 17.6 Å². The van der Waals surface area contributed by atoms with Gasteiger partial charge in [0.15, 0.2) is 0 Å². The number of hydrogen-bond donors (Lipinski definition) is 2. The molecule has 1 aliphatic rings. The largest absolute Gasteiger partial charge is 0.391 e. The molecule has 1 heterocycles. The molecule has 0 bridgehead atoms. The van der Waals surface area contributed by atoms with Crippen LogP contribution in [0, 0.1) is 11.8 Å². The van der Waals surface area contributed by atoms with Crippen molar-refractivity contribution >= 4 is 24.2 Å². The van der Waals surface area contributed by atoms with E-state index in [2.05, 4.69) is 5.32 Å². The second-order valence-electron chi connectivity index (χ2n) is 5.68. The molecule has 1 rings (SSSR count). The molecule has 0 aromatic heterocycles. The van der Waals surface area contributed by atoms with Crippen molar-refractivity contribution in [2.45, 2.75) is 38.9 Å². The van der Waals surface area contributed by atoms with E-state index in [9.17, 15) is 22.8 Å². The highest BCUT2D eigenvalue weighted by atomic mass is 35.5. The highest BCUT2D eigenvalue weighted by molar-refractivity contribution is 5.87. The van der Waals surface area contributed by atoms with Gasteiger partial charge in [-0.05, 0) is 18.8 Å². The lowest BCUT2D eigenvalue weighted by Crippen LogP contribution is -2.49. The Morgan fingerprint density at radius 1 is 1.27 bits per heavy atom. The lowest BCUT2D eigenvalue weighted by molar-refractivity contribution is -0.186. The SMILES string of the molecule is CC(C)[C@H](N)C(=O)NCC(=O)N1CCC(C(F)(F)F)CC1.Cl. The summed E-state index contributed by atoms with van der Waals surface area (Å²) in [5, 5.41) is 2.42. The topological polar surface area (TPSA) is 75.4 Å². The predicted octanol–water partition coefficient (Wildman–Crippen LogP) is 1.31. The van der Waals surface area contributed by atoms with Crippen LogP contribution >= 0.6 is 12.4 Å². The van der Waals surface area contributed by atoms with Crippen molar-refractivity contribution in [3.63, 3.8) is 0 Å². The maximum Gasteiger partial charge on any atom is 0.391 e. The summed E-state index contributed by atoms with van der Waals surface area (Å²) in [7, 11) is 0. The van der Waals surface area contributed by atoms with Crippen LogP contribution in [0.4, 0.5) is 13.2 Å². The number of halogens is 4. The fourth-order valence-electron chi connectivity index (χ4n) is 2.15. The Balaban J connectivity index is 0.00000441. The number of amides is 2. The van der Waals surface area contributed by atoms with Crippen LogP contribution in [0.1, 0.15) is 26.7 Å². The maximum atomic E-state index is 12.5. The summed E-state index contributed by atoms with van der Waals surface area (Å²) in [6.45, 7) is 3.47.